The van der Waals surface area contributed by atoms with Crippen LogP contribution in [0.5, 0.6) is 11.5 Å². The number of ether oxygens (including phenoxy) is 2. The molecule has 0 atom stereocenters. The highest BCUT2D eigenvalue weighted by Crippen LogP contribution is 2.28. The van der Waals surface area contributed by atoms with E-state index in [1.54, 1.807) is 25.3 Å². The Morgan fingerprint density at radius 2 is 2.11 bits per heavy atom. The molecule has 3 N–H and O–H groups in total. The standard InChI is InChI=1S/C13H20N2O3/c1-3-4-5-8-18-11-7-6-10(13(14)15-16)9-12(11)17-2/h6-7,9,16H,3-5,8H2,1-2H3,(H2,14,15). The topological polar surface area (TPSA) is 77.1 Å². The van der Waals surface area contributed by atoms with Crippen LogP contribution in [0.1, 0.15) is 31.7 Å². The van der Waals surface area contributed by atoms with Gasteiger partial charge >= 0.3 is 0 Å². The third-order valence-electron chi connectivity index (χ3n) is 2.57. The second kappa shape index (κ2) is 7.42. The summed E-state index contributed by atoms with van der Waals surface area (Å²) < 4.78 is 10.9. The van der Waals surface area contributed by atoms with Crippen LogP contribution in [0.2, 0.25) is 0 Å². The average molecular weight is 252 g/mol. The first kappa shape index (κ1) is 14.2. The van der Waals surface area contributed by atoms with Crippen molar-refractivity contribution in [3.05, 3.63) is 23.8 Å². The Balaban J connectivity index is 2.74. The van der Waals surface area contributed by atoms with Gasteiger partial charge in [0, 0.05) is 5.56 Å². The number of rotatable bonds is 7. The van der Waals surface area contributed by atoms with E-state index < -0.39 is 0 Å². The molecule has 1 aromatic rings. The summed E-state index contributed by atoms with van der Waals surface area (Å²) in [6, 6.07) is 5.18. The van der Waals surface area contributed by atoms with Gasteiger partial charge < -0.3 is 20.4 Å². The minimum atomic E-state index is 0.0471. The molecule has 0 radical (unpaired) electrons. The molecule has 0 aliphatic heterocycles. The van der Waals surface area contributed by atoms with Crippen LogP contribution in [0.3, 0.4) is 0 Å². The summed E-state index contributed by atoms with van der Waals surface area (Å²) in [5.74, 6) is 1.30. The van der Waals surface area contributed by atoms with Gasteiger partial charge in [-0.25, -0.2) is 0 Å². The Morgan fingerprint density at radius 3 is 2.72 bits per heavy atom. The number of benzene rings is 1. The molecular weight excluding hydrogens is 232 g/mol. The maximum absolute atomic E-state index is 8.61. The lowest BCUT2D eigenvalue weighted by Crippen LogP contribution is -2.13. The minimum absolute atomic E-state index is 0.0471. The highest BCUT2D eigenvalue weighted by Gasteiger charge is 2.08. The van der Waals surface area contributed by atoms with E-state index in [4.69, 9.17) is 20.4 Å². The van der Waals surface area contributed by atoms with Crippen LogP contribution in [0.15, 0.2) is 23.4 Å². The summed E-state index contributed by atoms with van der Waals surface area (Å²) in [7, 11) is 1.56. The van der Waals surface area contributed by atoms with Crippen molar-refractivity contribution >= 4 is 5.84 Å². The molecule has 5 heteroatoms. The number of hydrogen-bond acceptors (Lipinski definition) is 4. The number of hydrogen-bond donors (Lipinski definition) is 2. The Hall–Kier alpha value is -1.91. The highest BCUT2D eigenvalue weighted by molar-refractivity contribution is 5.97. The highest BCUT2D eigenvalue weighted by atomic mass is 16.5. The second-order valence-corrected chi connectivity index (χ2v) is 3.91. The van der Waals surface area contributed by atoms with Crippen LogP contribution in [0, 0.1) is 0 Å². The van der Waals surface area contributed by atoms with Gasteiger partial charge in [-0.15, -0.1) is 0 Å². The molecule has 5 nitrogen and oxygen atoms in total. The molecule has 0 saturated heterocycles. The van der Waals surface area contributed by atoms with E-state index in [0.29, 0.717) is 23.7 Å². The first-order valence-electron chi connectivity index (χ1n) is 6.01. The van der Waals surface area contributed by atoms with E-state index in [1.807, 2.05) is 0 Å². The van der Waals surface area contributed by atoms with Crippen molar-refractivity contribution < 1.29 is 14.7 Å². The zero-order valence-corrected chi connectivity index (χ0v) is 10.8. The Bertz CT molecular complexity index is 405. The number of amidine groups is 1. The molecule has 18 heavy (non-hydrogen) atoms. The van der Waals surface area contributed by atoms with Crippen LogP contribution in [0.4, 0.5) is 0 Å². The van der Waals surface area contributed by atoms with Crippen LogP contribution >= 0.6 is 0 Å². The van der Waals surface area contributed by atoms with E-state index in [0.717, 1.165) is 19.3 Å². The van der Waals surface area contributed by atoms with Crippen molar-refractivity contribution in [3.8, 4) is 11.5 Å². The van der Waals surface area contributed by atoms with E-state index in [9.17, 15) is 0 Å². The molecule has 0 spiro atoms. The molecule has 0 unspecified atom stereocenters. The first-order chi connectivity index (χ1) is 8.72. The normalized spacial score (nSPS) is 11.3. The van der Waals surface area contributed by atoms with Crippen LogP contribution in [-0.2, 0) is 0 Å². The molecule has 0 saturated carbocycles. The molecule has 0 amide bonds. The summed E-state index contributed by atoms with van der Waals surface area (Å²) in [5, 5.41) is 11.6. The van der Waals surface area contributed by atoms with Crippen molar-refractivity contribution in [1.29, 1.82) is 0 Å². The molecule has 0 fully saturated rings. The molecule has 0 aliphatic rings. The van der Waals surface area contributed by atoms with Crippen molar-refractivity contribution in [2.45, 2.75) is 26.2 Å². The van der Waals surface area contributed by atoms with Gasteiger partial charge in [-0.2, -0.15) is 0 Å². The smallest absolute Gasteiger partial charge is 0.170 e. The lowest BCUT2D eigenvalue weighted by atomic mass is 10.2. The predicted molar refractivity (Wildman–Crippen MR) is 70.5 cm³/mol. The van der Waals surface area contributed by atoms with E-state index in [2.05, 4.69) is 12.1 Å². The second-order valence-electron chi connectivity index (χ2n) is 3.91. The Morgan fingerprint density at radius 1 is 1.33 bits per heavy atom. The molecule has 1 rings (SSSR count). The number of unbranched alkanes of at least 4 members (excludes halogenated alkanes) is 2. The quantitative estimate of drug-likeness (QED) is 0.257. The zero-order valence-electron chi connectivity index (χ0n) is 10.8. The zero-order chi connectivity index (χ0) is 13.4. The van der Waals surface area contributed by atoms with Crippen molar-refractivity contribution in [2.75, 3.05) is 13.7 Å². The fourth-order valence-corrected chi connectivity index (χ4v) is 1.54. The van der Waals surface area contributed by atoms with Gasteiger partial charge in [0.15, 0.2) is 17.3 Å². The summed E-state index contributed by atoms with van der Waals surface area (Å²) in [5.41, 5.74) is 6.10. The van der Waals surface area contributed by atoms with Gasteiger partial charge in [-0.05, 0) is 24.6 Å². The summed E-state index contributed by atoms with van der Waals surface area (Å²) >= 11 is 0. The van der Waals surface area contributed by atoms with Crippen LogP contribution in [-0.4, -0.2) is 24.8 Å². The predicted octanol–water partition coefficient (Wildman–Crippen LogP) is 2.36. The van der Waals surface area contributed by atoms with Gasteiger partial charge in [0.25, 0.3) is 0 Å². The third kappa shape index (κ3) is 3.84. The first-order valence-corrected chi connectivity index (χ1v) is 6.01. The minimum Gasteiger partial charge on any atom is -0.493 e. The molecule has 100 valence electrons. The van der Waals surface area contributed by atoms with Gasteiger partial charge in [-0.3, -0.25) is 0 Å². The monoisotopic (exact) mass is 252 g/mol. The molecule has 0 heterocycles. The maximum atomic E-state index is 8.61. The lowest BCUT2D eigenvalue weighted by Gasteiger charge is -2.11. The SMILES string of the molecule is CCCCCOc1ccc(/C(N)=N/O)cc1OC. The molecule has 0 aliphatic carbocycles. The third-order valence-corrected chi connectivity index (χ3v) is 2.57. The van der Waals surface area contributed by atoms with Gasteiger partial charge in [0.1, 0.15) is 0 Å². The summed E-state index contributed by atoms with van der Waals surface area (Å²) in [6.45, 7) is 2.81. The fourth-order valence-electron chi connectivity index (χ4n) is 1.54. The van der Waals surface area contributed by atoms with Crippen LogP contribution < -0.4 is 15.2 Å². The lowest BCUT2D eigenvalue weighted by molar-refractivity contribution is 0.286. The van der Waals surface area contributed by atoms with Gasteiger partial charge in [0.05, 0.1) is 13.7 Å². The van der Waals surface area contributed by atoms with Gasteiger partial charge in [-0.1, -0.05) is 24.9 Å². The Labute approximate surface area is 107 Å². The fraction of sp³-hybridized carbons (Fsp3) is 0.462. The Kier molecular flexibility index (Phi) is 5.84. The van der Waals surface area contributed by atoms with E-state index in [-0.39, 0.29) is 5.84 Å². The van der Waals surface area contributed by atoms with Crippen molar-refractivity contribution in [3.63, 3.8) is 0 Å². The number of oxime groups is 1. The van der Waals surface area contributed by atoms with Crippen molar-refractivity contribution in [2.24, 2.45) is 10.9 Å². The molecular formula is C13H20N2O3. The maximum Gasteiger partial charge on any atom is 0.170 e. The largest absolute Gasteiger partial charge is 0.493 e. The number of methoxy groups -OCH3 is 1. The van der Waals surface area contributed by atoms with E-state index in [1.165, 1.54) is 0 Å². The summed E-state index contributed by atoms with van der Waals surface area (Å²) in [4.78, 5) is 0. The van der Waals surface area contributed by atoms with E-state index >= 15 is 0 Å². The summed E-state index contributed by atoms with van der Waals surface area (Å²) in [6.07, 6.45) is 3.31. The molecule has 1 aromatic carbocycles. The molecule has 0 bridgehead atoms. The number of nitrogens with two attached hydrogens (primary N) is 1. The average Bonchev–Trinajstić information content (AvgIpc) is 2.42. The van der Waals surface area contributed by atoms with Crippen LogP contribution in [0.25, 0.3) is 0 Å². The van der Waals surface area contributed by atoms with Gasteiger partial charge in [0.2, 0.25) is 0 Å². The molecule has 0 aromatic heterocycles. The van der Waals surface area contributed by atoms with Crippen molar-refractivity contribution in [1.82, 2.24) is 0 Å². The number of nitrogens with zero attached hydrogens (tertiary/aromatic N) is 1.